The van der Waals surface area contributed by atoms with Gasteiger partial charge in [0.2, 0.25) is 9.84 Å². The third kappa shape index (κ3) is 2.04. The summed E-state index contributed by atoms with van der Waals surface area (Å²) >= 11 is 0. The summed E-state index contributed by atoms with van der Waals surface area (Å²) in [5.74, 6) is 0. The van der Waals surface area contributed by atoms with Crippen LogP contribution in [0.1, 0.15) is 11.1 Å². The Hall–Kier alpha value is -1.34. The largest absolute Gasteiger partial charge is 0.417 e. The molecule has 0 radical (unpaired) electrons. The van der Waals surface area contributed by atoms with Gasteiger partial charge >= 0.3 is 6.18 Å². The van der Waals surface area contributed by atoms with Crippen molar-refractivity contribution < 1.29 is 21.6 Å². The molecule has 98 valence electrons. The minimum atomic E-state index is -4.68. The first kappa shape index (κ1) is 13.1. The Bertz CT molecular complexity index is 618. The van der Waals surface area contributed by atoms with Gasteiger partial charge in [-0.05, 0) is 24.3 Å². The van der Waals surface area contributed by atoms with Crippen LogP contribution in [0.15, 0.2) is 28.5 Å². The van der Waals surface area contributed by atoms with Crippen LogP contribution in [0.4, 0.5) is 13.2 Å². The van der Waals surface area contributed by atoms with Crippen molar-refractivity contribution in [3.63, 3.8) is 0 Å². The van der Waals surface area contributed by atoms with E-state index in [1.807, 2.05) is 0 Å². The van der Waals surface area contributed by atoms with E-state index in [9.17, 15) is 21.6 Å². The lowest BCUT2D eigenvalue weighted by molar-refractivity contribution is -0.139. The van der Waals surface area contributed by atoms with Gasteiger partial charge in [0.25, 0.3) is 0 Å². The Balaban J connectivity index is 2.71. The third-order valence-electron chi connectivity index (χ3n) is 2.62. The van der Waals surface area contributed by atoms with Crippen molar-refractivity contribution in [3.05, 3.63) is 34.7 Å². The molecule has 3 nitrogen and oxygen atoms in total. The number of likely N-dealkylation sites (N-methyl/N-ethyl adjacent to an activating group) is 1. The van der Waals surface area contributed by atoms with Gasteiger partial charge in [-0.15, -0.1) is 0 Å². The number of rotatable bonds is 2. The number of halogens is 3. The Morgan fingerprint density at radius 2 is 1.94 bits per heavy atom. The average Bonchev–Trinajstić information content (AvgIpc) is 2.50. The van der Waals surface area contributed by atoms with Crippen LogP contribution in [0, 0.1) is 0 Å². The number of hydrogen-bond donors (Lipinski definition) is 1. The molecule has 0 atom stereocenters. The quantitative estimate of drug-likeness (QED) is 0.900. The molecule has 0 saturated carbocycles. The fraction of sp³-hybridized carbons (Fsp3) is 0.273. The molecule has 1 heterocycles. The highest BCUT2D eigenvalue weighted by atomic mass is 32.2. The number of hydrogen-bond acceptors (Lipinski definition) is 3. The maximum Gasteiger partial charge on any atom is 0.417 e. The van der Waals surface area contributed by atoms with Gasteiger partial charge in [0.05, 0.1) is 10.5 Å². The normalized spacial score (nSPS) is 17.4. The van der Waals surface area contributed by atoms with E-state index >= 15 is 0 Å². The molecule has 1 aromatic rings. The van der Waals surface area contributed by atoms with Crippen LogP contribution in [-0.2, 0) is 16.0 Å². The minimum absolute atomic E-state index is 0.124. The maximum atomic E-state index is 12.8. The molecule has 0 spiro atoms. The highest BCUT2D eigenvalue weighted by Crippen LogP contribution is 2.42. The lowest BCUT2D eigenvalue weighted by Crippen LogP contribution is -2.12. The van der Waals surface area contributed by atoms with E-state index in [-0.39, 0.29) is 12.1 Å². The van der Waals surface area contributed by atoms with E-state index in [0.29, 0.717) is 5.57 Å². The number of nitrogens with one attached hydrogen (secondary N) is 1. The molecule has 1 N–H and O–H groups in total. The molecule has 0 saturated heterocycles. The fourth-order valence-corrected chi connectivity index (χ4v) is 3.66. The molecule has 2 rings (SSSR count). The second kappa shape index (κ2) is 4.10. The molecule has 0 bridgehead atoms. The lowest BCUT2D eigenvalue weighted by Gasteiger charge is -2.12. The Kier molecular flexibility index (Phi) is 2.98. The minimum Gasteiger partial charge on any atom is -0.316 e. The first-order valence-electron chi connectivity index (χ1n) is 5.08. The Morgan fingerprint density at radius 3 is 2.50 bits per heavy atom. The summed E-state index contributed by atoms with van der Waals surface area (Å²) < 4.78 is 62.0. The summed E-state index contributed by atoms with van der Waals surface area (Å²) in [6.45, 7) is 0.202. The number of fused-ring (bicyclic) bond motifs is 1. The van der Waals surface area contributed by atoms with Crippen molar-refractivity contribution in [1.29, 1.82) is 0 Å². The van der Waals surface area contributed by atoms with Gasteiger partial charge in [0, 0.05) is 12.0 Å². The van der Waals surface area contributed by atoms with Crippen molar-refractivity contribution in [2.75, 3.05) is 13.6 Å². The summed E-state index contributed by atoms with van der Waals surface area (Å²) in [6.07, 6.45) is -4.68. The monoisotopic (exact) mass is 277 g/mol. The zero-order valence-corrected chi connectivity index (χ0v) is 10.2. The SMILES string of the molecule is CNCC1=CS(=O)(=O)c2c1cccc2C(F)(F)F. The van der Waals surface area contributed by atoms with Crippen molar-refractivity contribution in [2.45, 2.75) is 11.1 Å². The molecular formula is C11H10F3NO2S. The second-order valence-electron chi connectivity index (χ2n) is 3.90. The Labute approximate surface area is 102 Å². The topological polar surface area (TPSA) is 46.2 Å². The van der Waals surface area contributed by atoms with Gasteiger partial charge in [-0.25, -0.2) is 8.42 Å². The number of sulfone groups is 1. The Morgan fingerprint density at radius 1 is 1.28 bits per heavy atom. The molecule has 18 heavy (non-hydrogen) atoms. The standard InChI is InChI=1S/C11H10F3NO2S/c1-15-5-7-6-18(16,17)10-8(7)3-2-4-9(10)11(12,13)14/h2-4,6,15H,5H2,1H3. The fourth-order valence-electron chi connectivity index (χ4n) is 1.96. The van der Waals surface area contributed by atoms with Gasteiger partial charge in [-0.2, -0.15) is 13.2 Å². The predicted molar refractivity (Wildman–Crippen MR) is 60.5 cm³/mol. The zero-order valence-electron chi connectivity index (χ0n) is 9.38. The zero-order chi connectivity index (χ0) is 13.6. The molecule has 0 fully saturated rings. The molecule has 1 aliphatic heterocycles. The average molecular weight is 277 g/mol. The third-order valence-corrected chi connectivity index (χ3v) is 4.22. The van der Waals surface area contributed by atoms with Gasteiger partial charge in [0.1, 0.15) is 0 Å². The van der Waals surface area contributed by atoms with Crippen molar-refractivity contribution in [2.24, 2.45) is 0 Å². The van der Waals surface area contributed by atoms with Crippen LogP contribution in [0.3, 0.4) is 0 Å². The van der Waals surface area contributed by atoms with Crippen LogP contribution in [0.25, 0.3) is 5.57 Å². The van der Waals surface area contributed by atoms with Crippen LogP contribution < -0.4 is 5.32 Å². The first-order valence-corrected chi connectivity index (χ1v) is 6.63. The highest BCUT2D eigenvalue weighted by molar-refractivity contribution is 7.95. The van der Waals surface area contributed by atoms with Crippen LogP contribution in [-0.4, -0.2) is 22.0 Å². The van der Waals surface area contributed by atoms with E-state index in [1.165, 1.54) is 12.1 Å². The summed E-state index contributed by atoms with van der Waals surface area (Å²) in [6, 6.07) is 3.39. The van der Waals surface area contributed by atoms with Gasteiger partial charge in [-0.3, -0.25) is 0 Å². The predicted octanol–water partition coefficient (Wildman–Crippen LogP) is 2.05. The summed E-state index contributed by atoms with van der Waals surface area (Å²) in [5, 5.41) is 3.62. The number of benzene rings is 1. The van der Waals surface area contributed by atoms with Crippen LogP contribution in [0.2, 0.25) is 0 Å². The first-order chi connectivity index (χ1) is 8.27. The molecule has 0 amide bonds. The second-order valence-corrected chi connectivity index (χ2v) is 5.63. The lowest BCUT2D eigenvalue weighted by atomic mass is 10.0. The van der Waals surface area contributed by atoms with Gasteiger partial charge in [0.15, 0.2) is 0 Å². The van der Waals surface area contributed by atoms with E-state index in [2.05, 4.69) is 5.32 Å². The van der Waals surface area contributed by atoms with Gasteiger partial charge < -0.3 is 5.32 Å². The van der Waals surface area contributed by atoms with E-state index in [1.54, 1.807) is 7.05 Å². The maximum absolute atomic E-state index is 12.8. The number of alkyl halides is 3. The van der Waals surface area contributed by atoms with Crippen LogP contribution >= 0.6 is 0 Å². The molecule has 1 aromatic carbocycles. The summed E-state index contributed by atoms with van der Waals surface area (Å²) in [7, 11) is -2.42. The smallest absolute Gasteiger partial charge is 0.316 e. The highest BCUT2D eigenvalue weighted by Gasteiger charge is 2.40. The molecular weight excluding hydrogens is 267 g/mol. The van der Waals surface area contributed by atoms with Crippen molar-refractivity contribution in [3.8, 4) is 0 Å². The molecule has 0 unspecified atom stereocenters. The van der Waals surface area contributed by atoms with E-state index < -0.39 is 26.5 Å². The molecule has 0 aliphatic carbocycles. The van der Waals surface area contributed by atoms with Crippen molar-refractivity contribution >= 4 is 15.4 Å². The van der Waals surface area contributed by atoms with Crippen LogP contribution in [0.5, 0.6) is 0 Å². The van der Waals surface area contributed by atoms with Crippen molar-refractivity contribution in [1.82, 2.24) is 5.32 Å². The van der Waals surface area contributed by atoms with E-state index in [0.717, 1.165) is 11.5 Å². The van der Waals surface area contributed by atoms with E-state index in [4.69, 9.17) is 0 Å². The molecule has 1 aliphatic rings. The molecule has 0 aromatic heterocycles. The van der Waals surface area contributed by atoms with Gasteiger partial charge in [-0.1, -0.05) is 12.1 Å². The summed E-state index contributed by atoms with van der Waals surface area (Å²) in [4.78, 5) is -0.636. The molecule has 7 heteroatoms. The summed E-state index contributed by atoms with van der Waals surface area (Å²) in [5.41, 5.74) is -0.639.